The Bertz CT molecular complexity index is 1410. The Kier molecular flexibility index (Phi) is 6.74. The minimum atomic E-state index is -3.92. The average molecular weight is 499 g/mol. The van der Waals surface area contributed by atoms with Crippen LogP contribution >= 0.6 is 0 Å². The van der Waals surface area contributed by atoms with Crippen LogP contribution in [0, 0.1) is 13.8 Å². The number of nitrogens with zero attached hydrogens (tertiary/aromatic N) is 5. The highest BCUT2D eigenvalue weighted by molar-refractivity contribution is 7.93. The van der Waals surface area contributed by atoms with Crippen LogP contribution in [0.1, 0.15) is 24.1 Å². The smallest absolute Gasteiger partial charge is 0.243 e. The van der Waals surface area contributed by atoms with Gasteiger partial charge in [0.15, 0.2) is 5.76 Å². The van der Waals surface area contributed by atoms with Crippen molar-refractivity contribution < 1.29 is 22.3 Å². The highest BCUT2D eigenvalue weighted by Crippen LogP contribution is 2.38. The molecule has 0 saturated heterocycles. The number of aryl methyl sites for hydroxylation is 2. The number of hydrogen-bond acceptors (Lipinski definition) is 9. The zero-order chi connectivity index (χ0) is 25.2. The van der Waals surface area contributed by atoms with Gasteiger partial charge in [-0.2, -0.15) is 0 Å². The molecule has 0 radical (unpaired) electrons. The molecule has 3 heterocycles. The summed E-state index contributed by atoms with van der Waals surface area (Å²) >= 11 is 0. The molecular weight excluding hydrogens is 472 g/mol. The molecule has 1 N–H and O–H groups in total. The lowest BCUT2D eigenvalue weighted by Crippen LogP contribution is -2.29. The molecule has 4 aromatic rings. The summed E-state index contributed by atoms with van der Waals surface area (Å²) in [6, 6.07) is 8.72. The van der Waals surface area contributed by atoms with E-state index in [-0.39, 0.29) is 18.2 Å². The van der Waals surface area contributed by atoms with E-state index in [1.807, 2.05) is 6.92 Å². The molecule has 0 spiro atoms. The highest BCUT2D eigenvalue weighted by Gasteiger charge is 2.29. The van der Waals surface area contributed by atoms with Gasteiger partial charge in [-0.15, -0.1) is 10.2 Å². The maximum absolute atomic E-state index is 13.3. The van der Waals surface area contributed by atoms with Crippen molar-refractivity contribution in [1.82, 2.24) is 24.7 Å². The van der Waals surface area contributed by atoms with Crippen LogP contribution in [0.4, 0.5) is 5.95 Å². The van der Waals surface area contributed by atoms with Gasteiger partial charge >= 0.3 is 0 Å². The van der Waals surface area contributed by atoms with E-state index < -0.39 is 15.3 Å². The first-order valence-corrected chi connectivity index (χ1v) is 12.3. The summed E-state index contributed by atoms with van der Waals surface area (Å²) in [5.74, 6) is 2.56. The number of aromatic nitrogens is 5. The van der Waals surface area contributed by atoms with Crippen LogP contribution in [0.2, 0.25) is 0 Å². The summed E-state index contributed by atoms with van der Waals surface area (Å²) < 4.78 is 47.5. The van der Waals surface area contributed by atoms with Gasteiger partial charge < -0.3 is 13.9 Å². The van der Waals surface area contributed by atoms with Crippen molar-refractivity contribution in [3.8, 4) is 28.8 Å². The Morgan fingerprint density at radius 1 is 1.03 bits per heavy atom. The first kappa shape index (κ1) is 24.2. The number of sulfonamides is 1. The molecule has 0 aliphatic heterocycles. The number of hydrogen-bond donors (Lipinski definition) is 1. The quantitative estimate of drug-likeness (QED) is 0.369. The van der Waals surface area contributed by atoms with E-state index in [9.17, 15) is 8.42 Å². The predicted octanol–water partition coefficient (Wildman–Crippen LogP) is 3.32. The highest BCUT2D eigenvalue weighted by atomic mass is 32.2. The van der Waals surface area contributed by atoms with E-state index in [1.54, 1.807) is 56.6 Å². The third-order valence-electron chi connectivity index (χ3n) is 5.32. The largest absolute Gasteiger partial charge is 0.494 e. The van der Waals surface area contributed by atoms with Gasteiger partial charge in [0.1, 0.15) is 28.8 Å². The van der Waals surface area contributed by atoms with Crippen molar-refractivity contribution in [3.05, 3.63) is 59.9 Å². The van der Waals surface area contributed by atoms with E-state index in [0.29, 0.717) is 34.5 Å². The maximum atomic E-state index is 13.3. The van der Waals surface area contributed by atoms with Crippen LogP contribution in [0.5, 0.6) is 11.5 Å². The summed E-state index contributed by atoms with van der Waals surface area (Å²) in [6.45, 7) is 5.24. The van der Waals surface area contributed by atoms with Crippen LogP contribution in [0.3, 0.4) is 0 Å². The van der Waals surface area contributed by atoms with E-state index in [4.69, 9.17) is 13.9 Å². The fraction of sp³-hybridized carbons (Fsp3) is 0.304. The van der Waals surface area contributed by atoms with Crippen molar-refractivity contribution >= 4 is 16.0 Å². The van der Waals surface area contributed by atoms with E-state index in [2.05, 4.69) is 24.9 Å². The van der Waals surface area contributed by atoms with Crippen LogP contribution in [-0.4, -0.2) is 52.6 Å². The number of ether oxygens (including phenoxy) is 2. The summed E-state index contributed by atoms with van der Waals surface area (Å²) in [6.07, 6.45) is 3.42. The lowest BCUT2D eigenvalue weighted by Gasteiger charge is -2.18. The molecule has 35 heavy (non-hydrogen) atoms. The molecule has 0 aliphatic carbocycles. The number of anilines is 1. The Labute approximate surface area is 203 Å². The Morgan fingerprint density at radius 2 is 1.69 bits per heavy atom. The van der Waals surface area contributed by atoms with Crippen molar-refractivity contribution in [3.63, 3.8) is 0 Å². The van der Waals surface area contributed by atoms with Crippen molar-refractivity contribution in [2.75, 3.05) is 18.9 Å². The van der Waals surface area contributed by atoms with Crippen molar-refractivity contribution in [1.29, 1.82) is 0 Å². The third kappa shape index (κ3) is 4.97. The van der Waals surface area contributed by atoms with Crippen molar-refractivity contribution in [2.24, 2.45) is 0 Å². The first-order chi connectivity index (χ1) is 16.7. The average Bonchev–Trinajstić information content (AvgIpc) is 3.45. The molecule has 3 aromatic heterocycles. The van der Waals surface area contributed by atoms with E-state index in [0.717, 1.165) is 5.56 Å². The second-order valence-electron chi connectivity index (χ2n) is 7.94. The number of rotatable bonds is 9. The molecule has 184 valence electrons. The summed E-state index contributed by atoms with van der Waals surface area (Å²) in [7, 11) is -0.907. The molecule has 11 nitrogen and oxygen atoms in total. The molecule has 4 rings (SSSR count). The zero-order valence-electron chi connectivity index (χ0n) is 20.0. The normalized spacial score (nSPS) is 12.4. The number of furan rings is 1. The van der Waals surface area contributed by atoms with Gasteiger partial charge in [-0.3, -0.25) is 9.29 Å². The Morgan fingerprint density at radius 3 is 2.26 bits per heavy atom. The molecule has 1 aromatic carbocycles. The number of para-hydroxylation sites is 1. The molecule has 0 saturated carbocycles. The van der Waals surface area contributed by atoms with Crippen LogP contribution in [0.15, 0.2) is 47.1 Å². The van der Waals surface area contributed by atoms with Gasteiger partial charge in [-0.1, -0.05) is 6.07 Å². The summed E-state index contributed by atoms with van der Waals surface area (Å²) in [5.41, 5.74) is 1.31. The topological polar surface area (TPSA) is 134 Å². The first-order valence-electron chi connectivity index (χ1n) is 10.8. The fourth-order valence-corrected chi connectivity index (χ4v) is 4.40. The predicted molar refractivity (Wildman–Crippen MR) is 129 cm³/mol. The Hall–Kier alpha value is -3.93. The monoisotopic (exact) mass is 498 g/mol. The molecule has 0 fully saturated rings. The lowest BCUT2D eigenvalue weighted by molar-refractivity contribution is 0.391. The van der Waals surface area contributed by atoms with Crippen LogP contribution < -0.4 is 14.2 Å². The van der Waals surface area contributed by atoms with Gasteiger partial charge in [0.05, 0.1) is 19.5 Å². The minimum absolute atomic E-state index is 0.0477. The standard InChI is InChI=1S/C23H26N6O5S/c1-14-12-24-20(25-13-14)11-16(3)35(30,31)28-23-27-26-22(19-10-9-15(2)34-19)29(23)21-17(32-4)7-6-8-18(21)33-5/h6-10,12-13,16H,11H2,1-5H3,(H,27,28)/t16-/m0/s1. The second-order valence-corrected chi connectivity index (χ2v) is 10.0. The van der Waals surface area contributed by atoms with Crippen molar-refractivity contribution in [2.45, 2.75) is 32.4 Å². The third-order valence-corrected chi connectivity index (χ3v) is 7.01. The number of benzene rings is 1. The number of nitrogens with one attached hydrogen (secondary N) is 1. The minimum Gasteiger partial charge on any atom is -0.494 e. The maximum Gasteiger partial charge on any atom is 0.243 e. The summed E-state index contributed by atoms with van der Waals surface area (Å²) in [5, 5.41) is 7.50. The van der Waals surface area contributed by atoms with Crippen LogP contribution in [0.25, 0.3) is 17.3 Å². The molecule has 1 atom stereocenters. The van der Waals surface area contributed by atoms with E-state index >= 15 is 0 Å². The molecule has 0 amide bonds. The molecule has 0 aliphatic rings. The van der Waals surface area contributed by atoms with Gasteiger partial charge in [0.25, 0.3) is 0 Å². The molecule has 12 heteroatoms. The van der Waals surface area contributed by atoms with Gasteiger partial charge in [-0.25, -0.2) is 18.4 Å². The zero-order valence-corrected chi connectivity index (χ0v) is 20.8. The lowest BCUT2D eigenvalue weighted by atomic mass is 10.2. The fourth-order valence-electron chi connectivity index (χ4n) is 3.45. The summed E-state index contributed by atoms with van der Waals surface area (Å²) in [4.78, 5) is 8.43. The molecule has 0 bridgehead atoms. The second kappa shape index (κ2) is 9.74. The SMILES string of the molecule is COc1cccc(OC)c1-n1c(NS(=O)(=O)[C@@H](C)Cc2ncc(C)cn2)nnc1-c1ccc(C)o1. The van der Waals surface area contributed by atoms with Gasteiger partial charge in [-0.05, 0) is 50.6 Å². The molecular formula is C23H26N6O5S. The number of methoxy groups -OCH3 is 2. The molecule has 0 unspecified atom stereocenters. The van der Waals surface area contributed by atoms with E-state index in [1.165, 1.54) is 18.8 Å². The Balaban J connectivity index is 1.79. The van der Waals surface area contributed by atoms with Crippen LogP contribution in [-0.2, 0) is 16.4 Å². The van der Waals surface area contributed by atoms with Gasteiger partial charge in [0.2, 0.25) is 21.8 Å². The van der Waals surface area contributed by atoms with Gasteiger partial charge in [0, 0.05) is 18.8 Å².